The highest BCUT2D eigenvalue weighted by Crippen LogP contribution is 2.05. The summed E-state index contributed by atoms with van der Waals surface area (Å²) in [5, 5.41) is 0. The summed E-state index contributed by atoms with van der Waals surface area (Å²) < 4.78 is 0.762. The molecule has 0 amide bonds. The van der Waals surface area contributed by atoms with Crippen LogP contribution in [0.25, 0.3) is 0 Å². The van der Waals surface area contributed by atoms with Crippen LogP contribution in [0, 0.1) is 3.70 Å². The Hall–Kier alpha value is -0.590. The van der Waals surface area contributed by atoms with E-state index in [1.165, 1.54) is 0 Å². The second-order valence-corrected chi connectivity index (χ2v) is 2.58. The van der Waals surface area contributed by atoms with Crippen LogP contribution in [0.15, 0.2) is 6.07 Å². The van der Waals surface area contributed by atoms with Crippen LogP contribution in [0.1, 0.15) is 0 Å². The minimum absolute atomic E-state index is 0.222. The van der Waals surface area contributed by atoms with Crippen LogP contribution in [-0.4, -0.2) is 9.97 Å². The maximum Gasteiger partial charge on any atom is 0.222 e. The van der Waals surface area contributed by atoms with Crippen molar-refractivity contribution in [3.63, 3.8) is 0 Å². The van der Waals surface area contributed by atoms with Gasteiger partial charge in [-0.1, -0.05) is 0 Å². The van der Waals surface area contributed by atoms with Gasteiger partial charge in [0.2, 0.25) is 5.95 Å². The molecule has 4 N–H and O–H groups in total. The van der Waals surface area contributed by atoms with E-state index in [0.717, 1.165) is 3.70 Å². The summed E-state index contributed by atoms with van der Waals surface area (Å²) in [6.07, 6.45) is 0. The summed E-state index contributed by atoms with van der Waals surface area (Å²) in [4.78, 5) is 7.48. The number of halogens is 1. The van der Waals surface area contributed by atoms with Crippen molar-refractivity contribution < 1.29 is 0 Å². The molecule has 0 fully saturated rings. The summed E-state index contributed by atoms with van der Waals surface area (Å²) in [5.74, 6) is 0.631. The maximum absolute atomic E-state index is 5.32. The molecule has 0 unspecified atom stereocenters. The Morgan fingerprint density at radius 3 is 2.44 bits per heavy atom. The van der Waals surface area contributed by atoms with Gasteiger partial charge in [-0.3, -0.25) is 0 Å². The average molecular weight is 236 g/mol. The minimum atomic E-state index is 0.222. The standard InChI is InChI=1S/C4H5IN4/c5-2-1-3(6)9-4(7)8-2/h1H,(H4,6,7,8,9). The highest BCUT2D eigenvalue weighted by molar-refractivity contribution is 14.1. The second-order valence-electron chi connectivity index (χ2n) is 1.47. The first kappa shape index (κ1) is 6.53. The molecule has 5 heteroatoms. The SMILES string of the molecule is Nc1cc(I)nc(N)n1. The van der Waals surface area contributed by atoms with Gasteiger partial charge in [0.05, 0.1) is 0 Å². The first-order valence-electron chi connectivity index (χ1n) is 2.24. The average Bonchev–Trinajstić information content (AvgIpc) is 1.59. The molecule has 0 atom stereocenters. The fourth-order valence-corrected chi connectivity index (χ4v) is 1.02. The summed E-state index contributed by atoms with van der Waals surface area (Å²) in [5.41, 5.74) is 10.6. The molecule has 9 heavy (non-hydrogen) atoms. The molecule has 0 spiro atoms. The molecule has 0 aliphatic carbocycles. The minimum Gasteiger partial charge on any atom is -0.384 e. The molecule has 0 saturated heterocycles. The third-order valence-electron chi connectivity index (χ3n) is 0.732. The monoisotopic (exact) mass is 236 g/mol. The van der Waals surface area contributed by atoms with Gasteiger partial charge in [-0.25, -0.2) is 4.98 Å². The number of hydrogen-bond donors (Lipinski definition) is 2. The summed E-state index contributed by atoms with van der Waals surface area (Å²) in [6.45, 7) is 0. The predicted molar refractivity (Wildman–Crippen MR) is 43.6 cm³/mol. The van der Waals surface area contributed by atoms with Gasteiger partial charge in [0.25, 0.3) is 0 Å². The topological polar surface area (TPSA) is 77.8 Å². The van der Waals surface area contributed by atoms with Gasteiger partial charge < -0.3 is 11.5 Å². The molecule has 0 aliphatic heterocycles. The van der Waals surface area contributed by atoms with E-state index in [1.807, 2.05) is 22.6 Å². The largest absolute Gasteiger partial charge is 0.384 e. The lowest BCUT2D eigenvalue weighted by atomic mass is 10.6. The molecule has 1 heterocycles. The number of rotatable bonds is 0. The maximum atomic E-state index is 5.32. The number of nitrogen functional groups attached to an aromatic ring is 2. The van der Waals surface area contributed by atoms with Gasteiger partial charge in [-0.2, -0.15) is 4.98 Å². The van der Waals surface area contributed by atoms with Crippen LogP contribution in [0.5, 0.6) is 0 Å². The zero-order valence-corrected chi connectivity index (χ0v) is 6.66. The molecular formula is C4H5IN4. The van der Waals surface area contributed by atoms with E-state index >= 15 is 0 Å². The van der Waals surface area contributed by atoms with Crippen LogP contribution in [0.3, 0.4) is 0 Å². The lowest BCUT2D eigenvalue weighted by Gasteiger charge is -1.93. The van der Waals surface area contributed by atoms with Crippen molar-refractivity contribution in [3.05, 3.63) is 9.77 Å². The van der Waals surface area contributed by atoms with Gasteiger partial charge >= 0.3 is 0 Å². The molecule has 0 aromatic carbocycles. The predicted octanol–water partition coefficient (Wildman–Crippen LogP) is 0.246. The Kier molecular flexibility index (Phi) is 1.70. The van der Waals surface area contributed by atoms with Crippen molar-refractivity contribution in [2.75, 3.05) is 11.5 Å². The molecule has 0 bridgehead atoms. The Labute approximate surface area is 65.8 Å². The van der Waals surface area contributed by atoms with Crippen LogP contribution in [-0.2, 0) is 0 Å². The van der Waals surface area contributed by atoms with Crippen molar-refractivity contribution in [1.29, 1.82) is 0 Å². The fraction of sp³-hybridized carbons (Fsp3) is 0. The van der Waals surface area contributed by atoms with E-state index in [0.29, 0.717) is 5.82 Å². The molecular weight excluding hydrogens is 231 g/mol. The Morgan fingerprint density at radius 2 is 2.00 bits per heavy atom. The van der Waals surface area contributed by atoms with E-state index in [9.17, 15) is 0 Å². The van der Waals surface area contributed by atoms with Crippen molar-refractivity contribution in [2.24, 2.45) is 0 Å². The fourth-order valence-electron chi connectivity index (χ4n) is 0.453. The van der Waals surface area contributed by atoms with Crippen molar-refractivity contribution in [2.45, 2.75) is 0 Å². The third kappa shape index (κ3) is 1.67. The third-order valence-corrected chi connectivity index (χ3v) is 1.28. The van der Waals surface area contributed by atoms with E-state index < -0.39 is 0 Å². The highest BCUT2D eigenvalue weighted by Gasteiger charge is 1.93. The zero-order valence-electron chi connectivity index (χ0n) is 4.50. The number of hydrogen-bond acceptors (Lipinski definition) is 4. The van der Waals surface area contributed by atoms with Gasteiger partial charge in [0.15, 0.2) is 0 Å². The second kappa shape index (κ2) is 2.34. The quantitative estimate of drug-likeness (QED) is 0.499. The van der Waals surface area contributed by atoms with Gasteiger partial charge in [0.1, 0.15) is 9.52 Å². The Bertz CT molecular complexity index is 173. The lowest BCUT2D eigenvalue weighted by molar-refractivity contribution is 1.16. The summed E-state index contributed by atoms with van der Waals surface area (Å²) in [7, 11) is 0. The molecule has 1 aromatic rings. The van der Waals surface area contributed by atoms with Crippen LogP contribution in [0.4, 0.5) is 11.8 Å². The molecule has 4 nitrogen and oxygen atoms in total. The van der Waals surface area contributed by atoms with E-state index in [2.05, 4.69) is 9.97 Å². The first-order chi connectivity index (χ1) is 4.18. The first-order valence-corrected chi connectivity index (χ1v) is 3.32. The summed E-state index contributed by atoms with van der Waals surface area (Å²) in [6, 6.07) is 1.65. The number of aromatic nitrogens is 2. The van der Waals surface area contributed by atoms with Crippen molar-refractivity contribution >= 4 is 34.4 Å². The highest BCUT2D eigenvalue weighted by atomic mass is 127. The molecule has 48 valence electrons. The normalized spacial score (nSPS) is 9.44. The lowest BCUT2D eigenvalue weighted by Crippen LogP contribution is -1.99. The Balaban J connectivity index is 3.17. The van der Waals surface area contributed by atoms with Crippen LogP contribution >= 0.6 is 22.6 Å². The molecule has 0 aliphatic rings. The van der Waals surface area contributed by atoms with Crippen LogP contribution in [0.2, 0.25) is 0 Å². The smallest absolute Gasteiger partial charge is 0.222 e. The summed E-state index contributed by atoms with van der Waals surface area (Å²) >= 11 is 2.02. The van der Waals surface area contributed by atoms with Gasteiger partial charge in [0, 0.05) is 6.07 Å². The number of nitrogens with zero attached hydrogens (tertiary/aromatic N) is 2. The number of anilines is 2. The molecule has 0 radical (unpaired) electrons. The number of nitrogens with two attached hydrogens (primary N) is 2. The molecule has 0 saturated carbocycles. The Morgan fingerprint density at radius 1 is 1.33 bits per heavy atom. The van der Waals surface area contributed by atoms with E-state index in [1.54, 1.807) is 6.07 Å². The van der Waals surface area contributed by atoms with Crippen LogP contribution < -0.4 is 11.5 Å². The zero-order chi connectivity index (χ0) is 6.85. The molecule has 1 rings (SSSR count). The van der Waals surface area contributed by atoms with Gasteiger partial charge in [-0.05, 0) is 22.6 Å². The molecule has 1 aromatic heterocycles. The van der Waals surface area contributed by atoms with Crippen molar-refractivity contribution in [1.82, 2.24) is 9.97 Å². The van der Waals surface area contributed by atoms with E-state index in [4.69, 9.17) is 11.5 Å². The van der Waals surface area contributed by atoms with E-state index in [-0.39, 0.29) is 5.95 Å². The van der Waals surface area contributed by atoms with Gasteiger partial charge in [-0.15, -0.1) is 0 Å². The van der Waals surface area contributed by atoms with Crippen molar-refractivity contribution in [3.8, 4) is 0 Å².